The molecule has 15 heteroatoms. The highest BCUT2D eigenvalue weighted by Gasteiger charge is 2.45. The zero-order valence-electron chi connectivity index (χ0n) is 30.3. The van der Waals surface area contributed by atoms with Gasteiger partial charge in [0.15, 0.2) is 5.65 Å². The first-order chi connectivity index (χ1) is 27.1. The van der Waals surface area contributed by atoms with E-state index in [0.717, 1.165) is 10.5 Å². The summed E-state index contributed by atoms with van der Waals surface area (Å²) >= 11 is 0. The van der Waals surface area contributed by atoms with Crippen LogP contribution in [0.2, 0.25) is 0 Å². The number of nitriles is 2. The molecule has 0 spiro atoms. The van der Waals surface area contributed by atoms with Gasteiger partial charge in [0.05, 0.1) is 22.2 Å². The molecule has 3 aromatic carbocycles. The smallest absolute Gasteiger partial charge is 0.264 e. The molecule has 1 atom stereocenters. The lowest BCUT2D eigenvalue weighted by molar-refractivity contribution is -0.136. The average molecular weight is 750 g/mol. The van der Waals surface area contributed by atoms with E-state index in [9.17, 15) is 39.3 Å². The maximum Gasteiger partial charge on any atom is 0.264 e. The van der Waals surface area contributed by atoms with Crippen LogP contribution in [0.4, 0.5) is 11.5 Å². The summed E-state index contributed by atoms with van der Waals surface area (Å²) in [7, 11) is 0. The quantitative estimate of drug-likeness (QED) is 0.104. The minimum Gasteiger partial charge on any atom is -0.384 e. The van der Waals surface area contributed by atoms with Crippen molar-refractivity contribution in [3.8, 4) is 23.3 Å². The number of rotatable bonds is 12. The summed E-state index contributed by atoms with van der Waals surface area (Å²) in [5, 5.41) is 31.7. The van der Waals surface area contributed by atoms with Crippen LogP contribution in [0.1, 0.15) is 75.9 Å². The first-order valence-corrected chi connectivity index (χ1v) is 18.1. The molecule has 1 unspecified atom stereocenters. The number of nitrogens with one attached hydrogen (secondary N) is 4. The van der Waals surface area contributed by atoms with Crippen LogP contribution in [-0.4, -0.2) is 68.9 Å². The van der Waals surface area contributed by atoms with Gasteiger partial charge in [0.2, 0.25) is 23.6 Å². The molecule has 0 aliphatic carbocycles. The number of imidazole rings is 1. The lowest BCUT2D eigenvalue weighted by atomic mass is 9.95. The molecule has 6 amide bonds. The number of hydrogen-bond acceptors (Lipinski definition) is 10. The second kappa shape index (κ2) is 15.5. The molecule has 56 heavy (non-hydrogen) atoms. The Morgan fingerprint density at radius 3 is 2.34 bits per heavy atom. The molecular formula is C41H35N9O6. The van der Waals surface area contributed by atoms with Gasteiger partial charge in [-0.15, -0.1) is 0 Å². The van der Waals surface area contributed by atoms with Crippen LogP contribution in [0.5, 0.6) is 0 Å². The Kier molecular flexibility index (Phi) is 10.2. The Balaban J connectivity index is 0.950. The molecule has 2 aromatic heterocycles. The summed E-state index contributed by atoms with van der Waals surface area (Å²) < 4.78 is 1.60. The first kappa shape index (κ1) is 36.9. The maximum absolute atomic E-state index is 13.4. The van der Waals surface area contributed by atoms with E-state index in [1.54, 1.807) is 40.8 Å². The number of unbranched alkanes of at least 4 members (excludes halogenated alkanes) is 1. The number of anilines is 2. The van der Waals surface area contributed by atoms with Gasteiger partial charge in [0, 0.05) is 43.6 Å². The van der Waals surface area contributed by atoms with Crippen molar-refractivity contribution in [1.82, 2.24) is 24.9 Å². The van der Waals surface area contributed by atoms with Gasteiger partial charge >= 0.3 is 0 Å². The number of aromatic nitrogens is 2. The standard InChI is InChI=1S/C41H35N9O6/c1-23-11-13-24(14-12-23)35-26(21-42)37-46-28-8-2-3-10-30(28)49(37)38(27(35)22-43)47-33(52)18-17-32(51)45-20-5-4-19-44-29-9-6-7-25-36(29)41(56)50(40(25)55)31-15-16-34(53)48-39(31)54/h2-3,6-14,31,44H,4-5,15-20H2,1H3,(H,45,51)(H,47,52)(H,48,53,54). The molecule has 2 aliphatic heterocycles. The molecule has 1 saturated heterocycles. The summed E-state index contributed by atoms with van der Waals surface area (Å²) in [4.78, 5) is 82.1. The average Bonchev–Trinajstić information content (AvgIpc) is 3.70. The molecule has 280 valence electrons. The van der Waals surface area contributed by atoms with Gasteiger partial charge in [-0.3, -0.25) is 43.4 Å². The maximum atomic E-state index is 13.4. The Hall–Kier alpha value is -7.39. The van der Waals surface area contributed by atoms with Crippen molar-refractivity contribution in [3.05, 3.63) is 94.5 Å². The number of benzene rings is 3. The summed E-state index contributed by atoms with van der Waals surface area (Å²) in [6.45, 7) is 2.67. The number of carbonyl (C=O) groups excluding carboxylic acids is 6. The van der Waals surface area contributed by atoms with E-state index in [1.165, 1.54) is 6.07 Å². The number of fused-ring (bicyclic) bond motifs is 4. The van der Waals surface area contributed by atoms with E-state index in [4.69, 9.17) is 0 Å². The molecule has 5 aromatic rings. The van der Waals surface area contributed by atoms with Crippen molar-refractivity contribution in [2.75, 3.05) is 23.7 Å². The molecule has 2 aliphatic rings. The van der Waals surface area contributed by atoms with Crippen molar-refractivity contribution in [2.45, 2.75) is 51.5 Å². The minimum atomic E-state index is -1.06. The van der Waals surface area contributed by atoms with Gasteiger partial charge in [-0.1, -0.05) is 48.0 Å². The van der Waals surface area contributed by atoms with E-state index in [-0.39, 0.29) is 65.3 Å². The van der Waals surface area contributed by atoms with Gasteiger partial charge in [-0.2, -0.15) is 10.5 Å². The van der Waals surface area contributed by atoms with Gasteiger partial charge in [-0.25, -0.2) is 4.98 Å². The fourth-order valence-corrected chi connectivity index (χ4v) is 7.10. The van der Waals surface area contributed by atoms with Crippen LogP contribution in [0, 0.1) is 29.6 Å². The van der Waals surface area contributed by atoms with Crippen LogP contribution in [0.15, 0.2) is 66.7 Å². The van der Waals surface area contributed by atoms with E-state index in [2.05, 4.69) is 38.4 Å². The molecule has 4 heterocycles. The van der Waals surface area contributed by atoms with E-state index in [0.29, 0.717) is 53.8 Å². The monoisotopic (exact) mass is 749 g/mol. The molecule has 15 nitrogen and oxygen atoms in total. The number of nitrogens with zero attached hydrogens (tertiary/aromatic N) is 5. The van der Waals surface area contributed by atoms with Crippen molar-refractivity contribution < 1.29 is 28.8 Å². The van der Waals surface area contributed by atoms with Gasteiger partial charge in [0.25, 0.3) is 11.8 Å². The third-order valence-corrected chi connectivity index (χ3v) is 9.85. The third kappa shape index (κ3) is 6.89. The predicted octanol–water partition coefficient (Wildman–Crippen LogP) is 4.33. The summed E-state index contributed by atoms with van der Waals surface area (Å²) in [5.41, 5.74) is 4.51. The number of amides is 6. The van der Waals surface area contributed by atoms with Crippen molar-refractivity contribution in [2.24, 2.45) is 0 Å². The van der Waals surface area contributed by atoms with Crippen LogP contribution in [-0.2, 0) is 19.2 Å². The molecule has 0 radical (unpaired) electrons. The Labute approximate surface area is 320 Å². The molecule has 7 rings (SSSR count). The van der Waals surface area contributed by atoms with E-state index < -0.39 is 35.6 Å². The highest BCUT2D eigenvalue weighted by Crippen LogP contribution is 2.37. The topological polar surface area (TPSA) is 219 Å². The van der Waals surface area contributed by atoms with Gasteiger partial charge in [0.1, 0.15) is 35.1 Å². The molecule has 1 fully saturated rings. The zero-order valence-corrected chi connectivity index (χ0v) is 30.3. The van der Waals surface area contributed by atoms with Crippen LogP contribution in [0.3, 0.4) is 0 Å². The van der Waals surface area contributed by atoms with Crippen LogP contribution in [0.25, 0.3) is 27.8 Å². The van der Waals surface area contributed by atoms with Crippen LogP contribution < -0.4 is 21.3 Å². The van der Waals surface area contributed by atoms with E-state index >= 15 is 0 Å². The number of carbonyl (C=O) groups is 6. The van der Waals surface area contributed by atoms with Crippen molar-refractivity contribution >= 4 is 63.6 Å². The summed E-state index contributed by atoms with van der Waals surface area (Å²) in [5.74, 6) is -2.99. The normalized spacial score (nSPS) is 15.0. The Morgan fingerprint density at radius 2 is 1.59 bits per heavy atom. The second-order valence-electron chi connectivity index (χ2n) is 13.5. The van der Waals surface area contributed by atoms with E-state index in [1.807, 2.05) is 31.2 Å². The number of hydrogen-bond donors (Lipinski definition) is 4. The number of para-hydroxylation sites is 2. The number of piperidine rings is 1. The predicted molar refractivity (Wildman–Crippen MR) is 204 cm³/mol. The minimum absolute atomic E-state index is 0.0310. The Morgan fingerprint density at radius 1 is 0.857 bits per heavy atom. The second-order valence-corrected chi connectivity index (χ2v) is 13.5. The lowest BCUT2D eigenvalue weighted by Gasteiger charge is -2.27. The number of imide groups is 2. The first-order valence-electron chi connectivity index (χ1n) is 18.1. The molecule has 0 saturated carbocycles. The zero-order chi connectivity index (χ0) is 39.5. The number of pyridine rings is 1. The SMILES string of the molecule is Cc1ccc(-c2c(C#N)c(NC(=O)CCC(=O)NCCCCNc3cccc4c3C(=O)N(C3CCC(=O)NC3=O)C4=O)n3c(nc4ccccc43)c2C#N)cc1. The summed E-state index contributed by atoms with van der Waals surface area (Å²) in [6, 6.07) is 22.7. The fraction of sp³-hybridized carbons (Fsp3) is 0.244. The fourth-order valence-electron chi connectivity index (χ4n) is 7.10. The Bertz CT molecular complexity index is 2560. The number of aryl methyl sites for hydroxylation is 1. The highest BCUT2D eigenvalue weighted by atomic mass is 16.2. The van der Waals surface area contributed by atoms with Crippen LogP contribution >= 0.6 is 0 Å². The van der Waals surface area contributed by atoms with Crippen molar-refractivity contribution in [1.29, 1.82) is 10.5 Å². The molecule has 4 N–H and O–H groups in total. The molecule has 0 bridgehead atoms. The van der Waals surface area contributed by atoms with Crippen molar-refractivity contribution in [3.63, 3.8) is 0 Å². The largest absolute Gasteiger partial charge is 0.384 e. The summed E-state index contributed by atoms with van der Waals surface area (Å²) in [6.07, 6.45) is 0.973. The molecular weight excluding hydrogens is 715 g/mol. The lowest BCUT2D eigenvalue weighted by Crippen LogP contribution is -2.54. The van der Waals surface area contributed by atoms with Gasteiger partial charge in [-0.05, 0) is 56.0 Å². The van der Waals surface area contributed by atoms with Gasteiger partial charge < -0.3 is 16.0 Å². The third-order valence-electron chi connectivity index (χ3n) is 9.85. The highest BCUT2D eigenvalue weighted by molar-refractivity contribution is 6.25.